The Morgan fingerprint density at radius 3 is 1.32 bits per heavy atom. The number of ether oxygens (including phenoxy) is 2. The molecule has 0 aromatic carbocycles. The zero-order valence-electron chi connectivity index (χ0n) is 64.2. The Bertz CT molecular complexity index is 2690. The molecule has 3 saturated heterocycles. The van der Waals surface area contributed by atoms with Gasteiger partial charge >= 0.3 is 0 Å². The van der Waals surface area contributed by atoms with Gasteiger partial charge in [-0.3, -0.25) is 52.7 Å². The molecule has 3 heterocycles. The number of hydrogen-bond donors (Lipinski definition) is 12. The SMILES string of the molecule is CCCCCC[C@H]1OC[C@@H](C)NC(=O)C(CN2CCC(N)CC2)NC(=O)[C@H](CN)NC(=O)[C@H](C2CCCCC2)NC(=O)[C@H](CC(C)CC(C[C@@H]2NC(=O)[C@H](CN)NC(=O)[C@H](C3CCCCCC3)NC(=O)[C@H](CCC)N(C)C(=O)[C@H](C)[C@@H](CCCCCC)OC[C@@H](C)NC2=O)C(N)=O)N(C)C(=O)[C@@H]1C. The highest BCUT2D eigenvalue weighted by molar-refractivity contribution is 5.98. The zero-order chi connectivity index (χ0) is 75.9. The van der Waals surface area contributed by atoms with Gasteiger partial charge in [-0.2, -0.15) is 0 Å². The molecule has 2 aliphatic carbocycles. The second-order valence-electron chi connectivity index (χ2n) is 30.9. The number of piperidine rings is 1. The van der Waals surface area contributed by atoms with Crippen LogP contribution in [0.5, 0.6) is 0 Å². The molecule has 5 fully saturated rings. The van der Waals surface area contributed by atoms with Crippen molar-refractivity contribution in [3.8, 4) is 0 Å². The van der Waals surface area contributed by atoms with E-state index in [1.165, 1.54) is 16.8 Å². The molecule has 5 rings (SSSR count). The van der Waals surface area contributed by atoms with E-state index < -0.39 is 162 Å². The number of carbonyl (C=O) groups excluding carboxylic acids is 11. The van der Waals surface area contributed by atoms with Gasteiger partial charge in [-0.15, -0.1) is 0 Å². The molecule has 0 bridgehead atoms. The Labute approximate surface area is 614 Å². The number of amides is 11. The fourth-order valence-electron chi connectivity index (χ4n) is 15.6. The number of rotatable bonds is 25. The van der Waals surface area contributed by atoms with E-state index in [9.17, 15) is 43.2 Å². The van der Waals surface area contributed by atoms with Crippen molar-refractivity contribution in [3.05, 3.63) is 0 Å². The van der Waals surface area contributed by atoms with Crippen molar-refractivity contribution in [1.29, 1.82) is 0 Å². The summed E-state index contributed by atoms with van der Waals surface area (Å²) in [5.74, 6) is -11.0. The monoisotopic (exact) mass is 1450 g/mol. The molecule has 0 aromatic heterocycles. The normalized spacial score (nSPS) is 30.6. The van der Waals surface area contributed by atoms with Gasteiger partial charge in [-0.25, -0.2) is 0 Å². The summed E-state index contributed by atoms with van der Waals surface area (Å²) in [4.78, 5) is 167. The van der Waals surface area contributed by atoms with Crippen molar-refractivity contribution in [2.45, 2.75) is 314 Å². The topological polar surface area (TPSA) is 416 Å². The van der Waals surface area contributed by atoms with Gasteiger partial charge in [0.2, 0.25) is 65.0 Å². The molecule has 28 nitrogen and oxygen atoms in total. The van der Waals surface area contributed by atoms with Crippen molar-refractivity contribution in [1.82, 2.24) is 57.2 Å². The van der Waals surface area contributed by atoms with E-state index in [1.54, 1.807) is 41.7 Å². The van der Waals surface area contributed by atoms with Crippen LogP contribution in [0.1, 0.15) is 235 Å². The fraction of sp³-hybridized carbons (Fsp3) is 0.853. The summed E-state index contributed by atoms with van der Waals surface area (Å²) in [6.07, 6.45) is 16.8. The Balaban J connectivity index is 1.54. The summed E-state index contributed by atoms with van der Waals surface area (Å²) in [7, 11) is 3.12. The molecule has 16 atom stereocenters. The molecule has 3 unspecified atom stereocenters. The van der Waals surface area contributed by atoms with Crippen LogP contribution in [0.2, 0.25) is 0 Å². The standard InChI is InChI=1S/C75H135N15O13/c1-11-14-16-25-32-61-49(7)74(100)88(9)59(27-13-3)70(96)86-63(51-28-21-18-19-22-29-51)72(98)83-56(41-76)67(93)82-55(66(92)80-47(5)44-102-61)40-53(65(79)91)38-46(4)39-60-71(97)87-64(52-30-23-20-24-31-52)73(99)84-57(42-77)68(94)85-58(43-90-36-34-54(78)35-37-90)69(95)81-48(6)45-103-62(33-26-17-15-12-2)50(8)75(101)89(60)10/h46-64H,11-45,76-78H2,1-10H3,(H2,79,91)(H,80,92)(H,81,95)(H,82,93)(H,83,98)(H,84,99)(H,85,94)(H,86,96)(H,87,97)/t46?,47-,48-,49-,50-,53?,55+,56+,57+,58?,59+,60+,61-,62-,63+,64+/m1/s1. The maximum absolute atomic E-state index is 15.5. The van der Waals surface area contributed by atoms with Crippen LogP contribution in [-0.4, -0.2) is 218 Å². The van der Waals surface area contributed by atoms with Crippen molar-refractivity contribution < 1.29 is 62.2 Å². The number of hydrogen-bond acceptors (Lipinski definition) is 17. The van der Waals surface area contributed by atoms with Gasteiger partial charge in [-0.1, -0.05) is 144 Å². The first-order valence-corrected chi connectivity index (χ1v) is 39.5. The smallest absolute Gasteiger partial charge is 0.244 e. The number of unbranched alkanes of at least 4 members (excludes halogenated alkanes) is 6. The van der Waals surface area contributed by atoms with Crippen LogP contribution >= 0.6 is 0 Å². The first-order chi connectivity index (χ1) is 49.2. The zero-order valence-corrected chi connectivity index (χ0v) is 64.2. The van der Waals surface area contributed by atoms with Crippen LogP contribution in [0.4, 0.5) is 0 Å². The third kappa shape index (κ3) is 28.0. The lowest BCUT2D eigenvalue weighted by atomic mass is 9.82. The second-order valence-corrected chi connectivity index (χ2v) is 30.9. The van der Waals surface area contributed by atoms with E-state index in [1.807, 2.05) is 6.92 Å². The molecule has 3 aliphatic heterocycles. The third-order valence-electron chi connectivity index (χ3n) is 22.2. The number of likely N-dealkylation sites (N-methyl/N-ethyl adjacent to an activating group) is 2. The maximum atomic E-state index is 15.5. The molecular weight excluding hydrogens is 1320 g/mol. The minimum absolute atomic E-state index is 0.00237. The summed E-state index contributed by atoms with van der Waals surface area (Å²) in [6.45, 7) is 15.4. The molecule has 0 aromatic rings. The van der Waals surface area contributed by atoms with Crippen molar-refractivity contribution in [2.75, 3.05) is 60.0 Å². The molecule has 0 spiro atoms. The van der Waals surface area contributed by atoms with Gasteiger partial charge in [0, 0.05) is 57.8 Å². The summed E-state index contributed by atoms with van der Waals surface area (Å²) >= 11 is 0. The number of primary amides is 1. The molecule has 0 radical (unpaired) electrons. The van der Waals surface area contributed by atoms with Gasteiger partial charge in [-0.05, 0) is 122 Å². The third-order valence-corrected chi connectivity index (χ3v) is 22.2. The second kappa shape index (κ2) is 45.4. The quantitative estimate of drug-likeness (QED) is 0.0461. The van der Waals surface area contributed by atoms with Crippen molar-refractivity contribution in [3.63, 3.8) is 0 Å². The van der Waals surface area contributed by atoms with Crippen LogP contribution in [-0.2, 0) is 62.2 Å². The van der Waals surface area contributed by atoms with Crippen LogP contribution in [0.15, 0.2) is 0 Å². The van der Waals surface area contributed by atoms with Crippen LogP contribution in [0, 0.1) is 35.5 Å². The fourth-order valence-corrected chi connectivity index (χ4v) is 15.6. The number of nitrogens with two attached hydrogens (primary N) is 4. The Morgan fingerprint density at radius 1 is 0.476 bits per heavy atom. The molecule has 2 saturated carbocycles. The van der Waals surface area contributed by atoms with E-state index in [-0.39, 0.29) is 69.4 Å². The minimum Gasteiger partial charge on any atom is -0.375 e. The summed E-state index contributed by atoms with van der Waals surface area (Å²) < 4.78 is 13.2. The Kier molecular flexibility index (Phi) is 38.6. The average molecular weight is 1450 g/mol. The van der Waals surface area contributed by atoms with Gasteiger partial charge in [0.15, 0.2) is 0 Å². The first kappa shape index (κ1) is 87.6. The van der Waals surface area contributed by atoms with Crippen molar-refractivity contribution in [2.24, 2.45) is 58.4 Å². The number of nitrogens with zero attached hydrogens (tertiary/aromatic N) is 3. The number of carbonyl (C=O) groups is 11. The van der Waals surface area contributed by atoms with Crippen molar-refractivity contribution >= 4 is 65.0 Å². The summed E-state index contributed by atoms with van der Waals surface area (Å²) in [5, 5.41) is 23.4. The molecular formula is C75H135N15O13. The van der Waals surface area contributed by atoms with E-state index in [0.29, 0.717) is 77.3 Å². The highest BCUT2D eigenvalue weighted by atomic mass is 16.5. The Hall–Kier alpha value is -6.07. The number of nitrogens with one attached hydrogen (secondary N) is 8. The van der Waals surface area contributed by atoms with Gasteiger partial charge in [0.05, 0.1) is 37.3 Å². The Morgan fingerprint density at radius 2 is 0.883 bits per heavy atom. The maximum Gasteiger partial charge on any atom is 0.244 e. The lowest BCUT2D eigenvalue weighted by Crippen LogP contribution is -2.62. The molecule has 103 heavy (non-hydrogen) atoms. The molecule has 11 amide bonds. The highest BCUT2D eigenvalue weighted by Gasteiger charge is 2.43. The average Bonchev–Trinajstić information content (AvgIpc) is 1.78. The van der Waals surface area contributed by atoms with Gasteiger partial charge in [0.25, 0.3) is 0 Å². The predicted molar refractivity (Wildman–Crippen MR) is 395 cm³/mol. The minimum atomic E-state index is -1.49. The van der Waals surface area contributed by atoms with Crippen LogP contribution < -0.4 is 65.5 Å². The van der Waals surface area contributed by atoms with E-state index in [0.717, 1.165) is 96.3 Å². The summed E-state index contributed by atoms with van der Waals surface area (Å²) in [5.41, 5.74) is 25.2. The predicted octanol–water partition coefficient (Wildman–Crippen LogP) is 3.17. The van der Waals surface area contributed by atoms with E-state index in [4.69, 9.17) is 32.4 Å². The van der Waals surface area contributed by atoms with Gasteiger partial charge in [0.1, 0.15) is 48.3 Å². The molecule has 5 aliphatic rings. The number of likely N-dealkylation sites (tertiary alicyclic amines) is 1. The lowest BCUT2D eigenvalue weighted by molar-refractivity contribution is -0.147. The summed E-state index contributed by atoms with van der Waals surface area (Å²) in [6, 6.07) is -11.2. The van der Waals surface area contributed by atoms with E-state index >= 15 is 9.59 Å². The first-order valence-electron chi connectivity index (χ1n) is 39.5. The highest BCUT2D eigenvalue weighted by Crippen LogP contribution is 2.31. The van der Waals surface area contributed by atoms with E-state index in [2.05, 4.69) is 61.3 Å². The molecule has 588 valence electrons. The van der Waals surface area contributed by atoms with Gasteiger partial charge < -0.3 is 89.6 Å². The largest absolute Gasteiger partial charge is 0.375 e. The molecule has 16 N–H and O–H groups in total. The molecule has 28 heteroatoms. The lowest BCUT2D eigenvalue weighted by Gasteiger charge is -2.36. The van der Waals surface area contributed by atoms with Crippen LogP contribution in [0.3, 0.4) is 0 Å². The van der Waals surface area contributed by atoms with Crippen LogP contribution in [0.25, 0.3) is 0 Å².